The van der Waals surface area contributed by atoms with E-state index in [1.165, 1.54) is 11.1 Å². The van der Waals surface area contributed by atoms with E-state index in [1.807, 2.05) is 42.2 Å². The lowest BCUT2D eigenvalue weighted by Crippen LogP contribution is -2.11. The number of aliphatic imine (C=N–C) groups is 1. The maximum absolute atomic E-state index is 6.32. The van der Waals surface area contributed by atoms with Crippen LogP contribution in [0.5, 0.6) is 0 Å². The van der Waals surface area contributed by atoms with Crippen LogP contribution in [0.15, 0.2) is 71.9 Å². The minimum absolute atomic E-state index is 0.202. The number of ether oxygens (including phenoxy) is 1. The molecule has 2 heterocycles. The van der Waals surface area contributed by atoms with E-state index in [0.29, 0.717) is 13.2 Å². The smallest absolute Gasteiger partial charge is 0.233 e. The van der Waals surface area contributed by atoms with E-state index >= 15 is 0 Å². The van der Waals surface area contributed by atoms with Crippen LogP contribution in [-0.2, 0) is 17.0 Å². The normalized spacial score (nSPS) is 16.1. The van der Waals surface area contributed by atoms with Gasteiger partial charge in [0.25, 0.3) is 0 Å². The summed E-state index contributed by atoms with van der Waals surface area (Å²) in [7, 11) is 0. The zero-order valence-electron chi connectivity index (χ0n) is 15.8. The number of hydrogen-bond donors (Lipinski definition) is 0. The highest BCUT2D eigenvalue weighted by molar-refractivity contribution is 7.98. The zero-order valence-corrected chi connectivity index (χ0v) is 17.4. The molecule has 1 aliphatic heterocycles. The average Bonchev–Trinajstić information content (AvgIpc) is 3.34. The van der Waals surface area contributed by atoms with Crippen LogP contribution in [0.3, 0.4) is 0 Å². The Morgan fingerprint density at radius 2 is 1.86 bits per heavy atom. The monoisotopic (exact) mass is 410 g/mol. The van der Waals surface area contributed by atoms with Crippen molar-refractivity contribution in [2.75, 3.05) is 12.4 Å². The van der Waals surface area contributed by atoms with Crippen molar-refractivity contribution in [2.24, 2.45) is 4.99 Å². The third-order valence-electron chi connectivity index (χ3n) is 4.89. The number of nitrogens with zero attached hydrogens (tertiary/aromatic N) is 2. The predicted octanol–water partition coefficient (Wildman–Crippen LogP) is 5.58. The van der Waals surface area contributed by atoms with Gasteiger partial charge in [0.1, 0.15) is 12.3 Å². The molecule has 0 saturated carbocycles. The molecular formula is C23H23ClN2OS. The molecule has 0 N–H and O–H groups in total. The molecule has 4 rings (SSSR count). The first-order valence-corrected chi connectivity index (χ1v) is 11.0. The van der Waals surface area contributed by atoms with Crippen molar-refractivity contribution in [3.8, 4) is 0 Å². The molecule has 2 aromatic carbocycles. The summed E-state index contributed by atoms with van der Waals surface area (Å²) in [5.41, 5.74) is 4.83. The van der Waals surface area contributed by atoms with Gasteiger partial charge < -0.3 is 9.30 Å². The molecule has 0 aliphatic carbocycles. The minimum atomic E-state index is 0.202. The van der Waals surface area contributed by atoms with Gasteiger partial charge in [0.05, 0.1) is 6.04 Å². The zero-order chi connectivity index (χ0) is 19.3. The largest absolute Gasteiger partial charge is 0.474 e. The Labute approximate surface area is 175 Å². The Hall–Kier alpha value is -2.17. The lowest BCUT2D eigenvalue weighted by atomic mass is 10.1. The molecule has 5 heteroatoms. The van der Waals surface area contributed by atoms with Crippen LogP contribution in [0.25, 0.3) is 0 Å². The van der Waals surface area contributed by atoms with Crippen LogP contribution in [0.1, 0.15) is 22.4 Å². The van der Waals surface area contributed by atoms with Gasteiger partial charge in [-0.1, -0.05) is 54.1 Å². The standard InChI is InChI=1S/C23H23ClN2OS/c1-17-7-2-3-9-19(17)15-28-16-20-14-27-23(25-20)22-11-6-12-26(22)13-18-8-4-5-10-21(18)24/h2-12,20H,13-16H2,1H3. The van der Waals surface area contributed by atoms with Crippen molar-refractivity contribution in [2.45, 2.75) is 25.3 Å². The Morgan fingerprint density at radius 3 is 2.68 bits per heavy atom. The lowest BCUT2D eigenvalue weighted by Gasteiger charge is -2.10. The molecule has 3 nitrogen and oxygen atoms in total. The number of thioether (sulfide) groups is 1. The number of aromatic nitrogens is 1. The Morgan fingerprint density at radius 1 is 1.07 bits per heavy atom. The van der Waals surface area contributed by atoms with Crippen LogP contribution >= 0.6 is 23.4 Å². The molecule has 0 amide bonds. The summed E-state index contributed by atoms with van der Waals surface area (Å²) in [5, 5.41) is 0.780. The number of rotatable bonds is 7. The molecule has 0 spiro atoms. The van der Waals surface area contributed by atoms with Crippen LogP contribution in [-0.4, -0.2) is 28.9 Å². The molecule has 1 aliphatic rings. The van der Waals surface area contributed by atoms with Gasteiger partial charge in [-0.3, -0.25) is 0 Å². The highest BCUT2D eigenvalue weighted by atomic mass is 35.5. The summed E-state index contributed by atoms with van der Waals surface area (Å²) >= 11 is 8.23. The first-order valence-electron chi connectivity index (χ1n) is 9.42. The van der Waals surface area contributed by atoms with Crippen LogP contribution in [0, 0.1) is 6.92 Å². The fourth-order valence-electron chi connectivity index (χ4n) is 3.27. The van der Waals surface area contributed by atoms with Gasteiger partial charge >= 0.3 is 0 Å². The van der Waals surface area contributed by atoms with Crippen LogP contribution < -0.4 is 0 Å². The second kappa shape index (κ2) is 8.89. The number of halogens is 1. The van der Waals surface area contributed by atoms with E-state index in [2.05, 4.69) is 47.9 Å². The molecule has 1 atom stereocenters. The van der Waals surface area contributed by atoms with E-state index in [-0.39, 0.29) is 6.04 Å². The summed E-state index contributed by atoms with van der Waals surface area (Å²) in [6, 6.07) is 20.8. The average molecular weight is 411 g/mol. The first kappa shape index (κ1) is 19.2. The van der Waals surface area contributed by atoms with Crippen molar-refractivity contribution < 1.29 is 4.74 Å². The summed E-state index contributed by atoms with van der Waals surface area (Å²) in [6.45, 7) is 3.52. The number of benzene rings is 2. The molecular weight excluding hydrogens is 388 g/mol. The lowest BCUT2D eigenvalue weighted by molar-refractivity contribution is 0.323. The number of aryl methyl sites for hydroxylation is 1. The molecule has 0 fully saturated rings. The second-order valence-corrected chi connectivity index (χ2v) is 8.39. The fourth-order valence-corrected chi connectivity index (χ4v) is 4.57. The van der Waals surface area contributed by atoms with Crippen molar-refractivity contribution in [3.05, 3.63) is 94.3 Å². The predicted molar refractivity (Wildman–Crippen MR) is 119 cm³/mol. The van der Waals surface area contributed by atoms with Crippen molar-refractivity contribution in [1.29, 1.82) is 0 Å². The van der Waals surface area contributed by atoms with Gasteiger partial charge in [0, 0.05) is 29.3 Å². The van der Waals surface area contributed by atoms with Gasteiger partial charge in [0.2, 0.25) is 5.90 Å². The summed E-state index contributed by atoms with van der Waals surface area (Å²) < 4.78 is 8.07. The molecule has 1 aromatic heterocycles. The highest BCUT2D eigenvalue weighted by Crippen LogP contribution is 2.22. The van der Waals surface area contributed by atoms with E-state index in [4.69, 9.17) is 21.3 Å². The van der Waals surface area contributed by atoms with Crippen LogP contribution in [0.2, 0.25) is 5.02 Å². The van der Waals surface area contributed by atoms with Crippen LogP contribution in [0.4, 0.5) is 0 Å². The maximum atomic E-state index is 6.32. The van der Waals surface area contributed by atoms with E-state index < -0.39 is 0 Å². The third-order valence-corrected chi connectivity index (χ3v) is 6.39. The molecule has 1 unspecified atom stereocenters. The quantitative estimate of drug-likeness (QED) is 0.508. The summed E-state index contributed by atoms with van der Waals surface area (Å²) in [4.78, 5) is 4.83. The topological polar surface area (TPSA) is 26.5 Å². The second-order valence-electron chi connectivity index (χ2n) is 6.95. The van der Waals surface area contributed by atoms with E-state index in [0.717, 1.165) is 33.7 Å². The van der Waals surface area contributed by atoms with Gasteiger partial charge in [-0.25, -0.2) is 4.99 Å². The highest BCUT2D eigenvalue weighted by Gasteiger charge is 2.22. The fraction of sp³-hybridized carbons (Fsp3) is 0.261. The molecule has 0 radical (unpaired) electrons. The SMILES string of the molecule is Cc1ccccc1CSCC1COC(c2cccn2Cc2ccccc2Cl)=N1. The molecule has 144 valence electrons. The van der Waals surface area contributed by atoms with Crippen molar-refractivity contribution in [1.82, 2.24) is 4.57 Å². The van der Waals surface area contributed by atoms with E-state index in [9.17, 15) is 0 Å². The molecule has 3 aromatic rings. The van der Waals surface area contributed by atoms with Crippen molar-refractivity contribution >= 4 is 29.3 Å². The van der Waals surface area contributed by atoms with Gasteiger partial charge in [0.15, 0.2) is 0 Å². The summed E-state index contributed by atoms with van der Waals surface area (Å²) in [6.07, 6.45) is 2.05. The molecule has 28 heavy (non-hydrogen) atoms. The Kier molecular flexibility index (Phi) is 6.08. The van der Waals surface area contributed by atoms with E-state index in [1.54, 1.807) is 0 Å². The maximum Gasteiger partial charge on any atom is 0.233 e. The Balaban J connectivity index is 1.39. The number of hydrogen-bond acceptors (Lipinski definition) is 3. The minimum Gasteiger partial charge on any atom is -0.474 e. The summed E-state index contributed by atoms with van der Waals surface area (Å²) in [5.74, 6) is 2.71. The van der Waals surface area contributed by atoms with Gasteiger partial charge in [-0.05, 0) is 41.8 Å². The molecule has 0 saturated heterocycles. The molecule has 0 bridgehead atoms. The first-order chi connectivity index (χ1) is 13.7. The van der Waals surface area contributed by atoms with Gasteiger partial charge in [-0.15, -0.1) is 0 Å². The van der Waals surface area contributed by atoms with Crippen molar-refractivity contribution in [3.63, 3.8) is 0 Å². The van der Waals surface area contributed by atoms with Gasteiger partial charge in [-0.2, -0.15) is 11.8 Å². The Bertz CT molecular complexity index is 982. The third kappa shape index (κ3) is 4.45.